The highest BCUT2D eigenvalue weighted by Crippen LogP contribution is 2.33. The second-order valence-electron chi connectivity index (χ2n) is 5.67. The molecular weight excluding hydrogens is 279 g/mol. The van der Waals surface area contributed by atoms with Crippen molar-refractivity contribution < 1.29 is 9.13 Å². The number of ether oxygens (including phenoxy) is 1. The number of nitrogens with one attached hydrogen (secondary N) is 1. The third kappa shape index (κ3) is 2.70. The fraction of sp³-hybridized carbons (Fsp3) is 0.222. The molecule has 1 N–H and O–H groups in total. The van der Waals surface area contributed by atoms with Gasteiger partial charge in [-0.25, -0.2) is 4.39 Å². The van der Waals surface area contributed by atoms with E-state index >= 15 is 0 Å². The number of hydrogen-bond donors (Lipinski definition) is 1. The Hall–Kier alpha value is -2.33. The van der Waals surface area contributed by atoms with Crippen LogP contribution in [-0.4, -0.2) is 31.1 Å². The number of benzene rings is 2. The average molecular weight is 298 g/mol. The number of hydrogen-bond acceptors (Lipinski definition) is 2. The summed E-state index contributed by atoms with van der Waals surface area (Å²) in [5, 5.41) is 0.959. The van der Waals surface area contributed by atoms with Gasteiger partial charge in [-0.2, -0.15) is 0 Å². The Morgan fingerprint density at radius 1 is 1.09 bits per heavy atom. The molecule has 0 bridgehead atoms. The lowest BCUT2D eigenvalue weighted by Crippen LogP contribution is -2.10. The van der Waals surface area contributed by atoms with E-state index in [4.69, 9.17) is 4.74 Å². The van der Waals surface area contributed by atoms with Crippen molar-refractivity contribution in [2.75, 3.05) is 21.2 Å². The van der Waals surface area contributed by atoms with E-state index in [1.165, 1.54) is 6.07 Å². The predicted octanol–water partition coefficient (Wildman–Crippen LogP) is 4.04. The number of H-pyrrole nitrogens is 1. The number of methoxy groups -OCH3 is 1. The minimum absolute atomic E-state index is 0.216. The van der Waals surface area contributed by atoms with Crippen LogP contribution in [0.5, 0.6) is 5.75 Å². The van der Waals surface area contributed by atoms with Crippen molar-refractivity contribution in [3.8, 4) is 16.9 Å². The molecular formula is C18H19FN2O. The van der Waals surface area contributed by atoms with Crippen molar-refractivity contribution in [2.45, 2.75) is 6.54 Å². The molecule has 0 aliphatic rings. The number of rotatable bonds is 4. The van der Waals surface area contributed by atoms with Gasteiger partial charge in [0.1, 0.15) is 11.6 Å². The summed E-state index contributed by atoms with van der Waals surface area (Å²) < 4.78 is 19.6. The van der Waals surface area contributed by atoms with Crippen molar-refractivity contribution in [1.82, 2.24) is 9.88 Å². The van der Waals surface area contributed by atoms with Gasteiger partial charge in [0.15, 0.2) is 0 Å². The third-order valence-electron chi connectivity index (χ3n) is 3.71. The molecule has 0 saturated carbocycles. The van der Waals surface area contributed by atoms with E-state index in [2.05, 4.69) is 9.88 Å². The van der Waals surface area contributed by atoms with Gasteiger partial charge >= 0.3 is 0 Å². The number of aromatic nitrogens is 1. The third-order valence-corrected chi connectivity index (χ3v) is 3.71. The van der Waals surface area contributed by atoms with Crippen molar-refractivity contribution in [3.05, 3.63) is 54.0 Å². The van der Waals surface area contributed by atoms with Crippen LogP contribution in [0.2, 0.25) is 0 Å². The van der Waals surface area contributed by atoms with Gasteiger partial charge in [-0.1, -0.05) is 6.07 Å². The molecule has 0 radical (unpaired) electrons. The molecule has 0 unspecified atom stereocenters. The molecule has 114 valence electrons. The highest BCUT2D eigenvalue weighted by Gasteiger charge is 2.12. The van der Waals surface area contributed by atoms with Crippen LogP contribution in [-0.2, 0) is 6.54 Å². The lowest BCUT2D eigenvalue weighted by Gasteiger charge is -2.11. The first-order valence-corrected chi connectivity index (χ1v) is 7.17. The molecule has 0 amide bonds. The van der Waals surface area contributed by atoms with Gasteiger partial charge in [-0.05, 0) is 50.0 Å². The Morgan fingerprint density at radius 3 is 2.64 bits per heavy atom. The molecule has 22 heavy (non-hydrogen) atoms. The average Bonchev–Trinajstić information content (AvgIpc) is 2.91. The minimum Gasteiger partial charge on any atom is -0.497 e. The van der Waals surface area contributed by atoms with Gasteiger partial charge < -0.3 is 14.6 Å². The predicted molar refractivity (Wildman–Crippen MR) is 87.6 cm³/mol. The monoisotopic (exact) mass is 298 g/mol. The molecule has 1 aromatic heterocycles. The molecule has 3 nitrogen and oxygen atoms in total. The van der Waals surface area contributed by atoms with E-state index in [9.17, 15) is 4.39 Å². The van der Waals surface area contributed by atoms with Gasteiger partial charge in [0.05, 0.1) is 7.11 Å². The SMILES string of the molecule is COc1ccc2[nH]cc(-c3cc(CN(C)C)ccc3F)c2c1. The first kappa shape index (κ1) is 14.6. The second-order valence-corrected chi connectivity index (χ2v) is 5.67. The van der Waals surface area contributed by atoms with Crippen LogP contribution >= 0.6 is 0 Å². The Labute approximate surface area is 129 Å². The summed E-state index contributed by atoms with van der Waals surface area (Å²) in [6.07, 6.45) is 1.85. The highest BCUT2D eigenvalue weighted by molar-refractivity contribution is 5.96. The number of halogens is 1. The Balaban J connectivity index is 2.14. The van der Waals surface area contributed by atoms with Crippen molar-refractivity contribution in [2.24, 2.45) is 0 Å². The fourth-order valence-corrected chi connectivity index (χ4v) is 2.69. The van der Waals surface area contributed by atoms with E-state index in [0.29, 0.717) is 5.56 Å². The maximum absolute atomic E-state index is 14.3. The van der Waals surface area contributed by atoms with Gasteiger partial charge in [0.2, 0.25) is 0 Å². The quantitative estimate of drug-likeness (QED) is 0.787. The van der Waals surface area contributed by atoms with Gasteiger partial charge in [-0.15, -0.1) is 0 Å². The van der Waals surface area contributed by atoms with Crippen molar-refractivity contribution >= 4 is 10.9 Å². The summed E-state index contributed by atoms with van der Waals surface area (Å²) in [6.45, 7) is 0.777. The van der Waals surface area contributed by atoms with Crippen LogP contribution in [0.25, 0.3) is 22.0 Å². The molecule has 0 atom stereocenters. The van der Waals surface area contributed by atoms with E-state index in [1.54, 1.807) is 7.11 Å². The first-order valence-electron chi connectivity index (χ1n) is 7.17. The summed E-state index contributed by atoms with van der Waals surface area (Å²) >= 11 is 0. The Kier molecular flexibility index (Phi) is 3.86. The zero-order chi connectivity index (χ0) is 15.7. The lowest BCUT2D eigenvalue weighted by atomic mass is 10.0. The fourth-order valence-electron chi connectivity index (χ4n) is 2.69. The van der Waals surface area contributed by atoms with Crippen LogP contribution in [0.1, 0.15) is 5.56 Å². The van der Waals surface area contributed by atoms with Gasteiger partial charge in [-0.3, -0.25) is 0 Å². The van der Waals surface area contributed by atoms with Crippen LogP contribution in [0, 0.1) is 5.82 Å². The largest absolute Gasteiger partial charge is 0.497 e. The Bertz CT molecular complexity index is 808. The lowest BCUT2D eigenvalue weighted by molar-refractivity contribution is 0.402. The summed E-state index contributed by atoms with van der Waals surface area (Å²) in [5.74, 6) is 0.546. The summed E-state index contributed by atoms with van der Waals surface area (Å²) in [7, 11) is 5.63. The van der Waals surface area contributed by atoms with E-state index in [1.807, 2.05) is 50.6 Å². The molecule has 0 fully saturated rings. The molecule has 3 aromatic rings. The summed E-state index contributed by atoms with van der Waals surface area (Å²) in [6, 6.07) is 11.0. The number of nitrogens with zero attached hydrogens (tertiary/aromatic N) is 1. The highest BCUT2D eigenvalue weighted by atomic mass is 19.1. The molecule has 2 aromatic carbocycles. The Morgan fingerprint density at radius 2 is 1.91 bits per heavy atom. The molecule has 0 aliphatic heterocycles. The normalized spacial score (nSPS) is 11.3. The molecule has 0 spiro atoms. The van der Waals surface area contributed by atoms with Gasteiger partial charge in [0, 0.05) is 34.8 Å². The molecule has 4 heteroatoms. The molecule has 0 saturated heterocycles. The standard InChI is InChI=1S/C18H19FN2O/c1-21(2)11-12-4-6-17(19)14(8-12)16-10-20-18-7-5-13(22-3)9-15(16)18/h4-10,20H,11H2,1-3H3. The second kappa shape index (κ2) is 5.81. The van der Waals surface area contributed by atoms with E-state index in [0.717, 1.165) is 34.3 Å². The van der Waals surface area contributed by atoms with Crippen LogP contribution < -0.4 is 4.74 Å². The smallest absolute Gasteiger partial charge is 0.131 e. The van der Waals surface area contributed by atoms with E-state index < -0.39 is 0 Å². The van der Waals surface area contributed by atoms with Crippen LogP contribution in [0.4, 0.5) is 4.39 Å². The topological polar surface area (TPSA) is 28.3 Å². The first-order chi connectivity index (χ1) is 10.6. The maximum atomic E-state index is 14.3. The van der Waals surface area contributed by atoms with E-state index in [-0.39, 0.29) is 5.82 Å². The molecule has 0 aliphatic carbocycles. The van der Waals surface area contributed by atoms with Crippen LogP contribution in [0.3, 0.4) is 0 Å². The molecule has 3 rings (SSSR count). The zero-order valence-corrected chi connectivity index (χ0v) is 13.0. The van der Waals surface area contributed by atoms with Crippen molar-refractivity contribution in [3.63, 3.8) is 0 Å². The van der Waals surface area contributed by atoms with Gasteiger partial charge in [0.25, 0.3) is 0 Å². The summed E-state index contributed by atoms with van der Waals surface area (Å²) in [5.41, 5.74) is 3.51. The molecule has 1 heterocycles. The number of aromatic amines is 1. The minimum atomic E-state index is -0.216. The zero-order valence-electron chi connectivity index (χ0n) is 13.0. The van der Waals surface area contributed by atoms with Crippen LogP contribution in [0.15, 0.2) is 42.6 Å². The maximum Gasteiger partial charge on any atom is 0.131 e. The summed E-state index contributed by atoms with van der Waals surface area (Å²) in [4.78, 5) is 5.26. The van der Waals surface area contributed by atoms with Crippen molar-refractivity contribution in [1.29, 1.82) is 0 Å². The number of fused-ring (bicyclic) bond motifs is 1.